The lowest BCUT2D eigenvalue weighted by molar-refractivity contribution is 0.184. The number of nitrogens with one attached hydrogen (secondary N) is 1. The van der Waals surface area contributed by atoms with E-state index in [0.29, 0.717) is 0 Å². The van der Waals surface area contributed by atoms with Crippen LogP contribution in [0.15, 0.2) is 16.9 Å². The fourth-order valence-corrected chi connectivity index (χ4v) is 3.40. The second-order valence-corrected chi connectivity index (χ2v) is 6.95. The van der Waals surface area contributed by atoms with E-state index in [4.69, 9.17) is 0 Å². The van der Waals surface area contributed by atoms with Crippen LogP contribution in [0, 0.1) is 26.7 Å². The van der Waals surface area contributed by atoms with E-state index in [1.807, 2.05) is 13.0 Å². The molecule has 0 radical (unpaired) electrons. The van der Waals surface area contributed by atoms with Crippen molar-refractivity contribution in [3.63, 3.8) is 0 Å². The van der Waals surface area contributed by atoms with E-state index in [1.54, 1.807) is 0 Å². The van der Waals surface area contributed by atoms with Crippen molar-refractivity contribution in [1.82, 2.24) is 9.88 Å². The average Bonchev–Trinajstić information content (AvgIpc) is 2.50. The second kappa shape index (κ2) is 5.88. The van der Waals surface area contributed by atoms with Crippen LogP contribution < -0.4 is 5.43 Å². The van der Waals surface area contributed by atoms with E-state index in [1.165, 1.54) is 24.0 Å². The Hall–Kier alpha value is -1.61. The molecule has 0 saturated carbocycles. The van der Waals surface area contributed by atoms with Gasteiger partial charge in [-0.15, -0.1) is 0 Å². The van der Waals surface area contributed by atoms with Crippen molar-refractivity contribution in [3.8, 4) is 0 Å². The number of aryl methyl sites for hydroxylation is 3. The molecule has 1 N–H and O–H groups in total. The molecule has 0 atom stereocenters. The highest BCUT2D eigenvalue weighted by Gasteiger charge is 2.19. The molecule has 3 heteroatoms. The zero-order valence-electron chi connectivity index (χ0n) is 14.1. The number of hydrogen-bond donors (Lipinski definition) is 1. The Balaban J connectivity index is 2.00. The first-order valence-corrected chi connectivity index (χ1v) is 8.31. The summed E-state index contributed by atoms with van der Waals surface area (Å²) in [6.07, 6.45) is 2.48. The van der Waals surface area contributed by atoms with Gasteiger partial charge in [-0.2, -0.15) is 0 Å². The Bertz CT molecular complexity index is 752. The summed E-state index contributed by atoms with van der Waals surface area (Å²) in [6.45, 7) is 11.5. The number of fused-ring (bicyclic) bond motifs is 1. The molecule has 0 bridgehead atoms. The van der Waals surface area contributed by atoms with Crippen LogP contribution in [0.3, 0.4) is 0 Å². The molecule has 2 aromatic rings. The van der Waals surface area contributed by atoms with E-state index in [9.17, 15) is 4.79 Å². The SMILES string of the molecule is Cc1ccc2c(=O)c(CN3CCC(C)CC3)c(C)[nH]c2c1C. The molecule has 0 spiro atoms. The van der Waals surface area contributed by atoms with Crippen LogP contribution in [0.4, 0.5) is 0 Å². The van der Waals surface area contributed by atoms with Crippen LogP contribution in [-0.4, -0.2) is 23.0 Å². The van der Waals surface area contributed by atoms with Gasteiger partial charge in [-0.05, 0) is 69.8 Å². The Morgan fingerprint density at radius 3 is 2.55 bits per heavy atom. The summed E-state index contributed by atoms with van der Waals surface area (Å²) in [6, 6.07) is 4.02. The molecule has 3 nitrogen and oxygen atoms in total. The molecule has 1 aromatic heterocycles. The van der Waals surface area contributed by atoms with E-state index in [-0.39, 0.29) is 5.43 Å². The average molecular weight is 298 g/mol. The first-order chi connectivity index (χ1) is 10.5. The smallest absolute Gasteiger partial charge is 0.194 e. The molecule has 2 heterocycles. The Labute approximate surface area is 132 Å². The van der Waals surface area contributed by atoms with Gasteiger partial charge in [-0.25, -0.2) is 0 Å². The van der Waals surface area contributed by atoms with Crippen LogP contribution in [-0.2, 0) is 6.54 Å². The summed E-state index contributed by atoms with van der Waals surface area (Å²) in [5.74, 6) is 0.817. The lowest BCUT2D eigenvalue weighted by atomic mass is 9.98. The van der Waals surface area contributed by atoms with Crippen LogP contribution in [0.25, 0.3) is 10.9 Å². The summed E-state index contributed by atoms with van der Waals surface area (Å²) in [7, 11) is 0. The molecule has 0 unspecified atom stereocenters. The monoisotopic (exact) mass is 298 g/mol. The maximum absolute atomic E-state index is 12.9. The minimum Gasteiger partial charge on any atom is -0.358 e. The summed E-state index contributed by atoms with van der Waals surface area (Å²) >= 11 is 0. The number of aromatic amines is 1. The highest BCUT2D eigenvalue weighted by Crippen LogP contribution is 2.21. The fraction of sp³-hybridized carbons (Fsp3) is 0.526. The standard InChI is InChI=1S/C19H26N2O/c1-12-7-9-21(10-8-12)11-17-15(4)20-18-14(3)13(2)5-6-16(18)19(17)22/h5-6,12H,7-11H2,1-4H3,(H,20,22). The Morgan fingerprint density at radius 2 is 1.86 bits per heavy atom. The third kappa shape index (κ3) is 2.70. The fourth-order valence-electron chi connectivity index (χ4n) is 3.40. The summed E-state index contributed by atoms with van der Waals surface area (Å²) in [5, 5.41) is 0.828. The molecule has 118 valence electrons. The number of H-pyrrole nitrogens is 1. The summed E-state index contributed by atoms with van der Waals surface area (Å²) in [5.41, 5.74) is 5.55. The lowest BCUT2D eigenvalue weighted by Crippen LogP contribution is -2.34. The van der Waals surface area contributed by atoms with Crippen LogP contribution >= 0.6 is 0 Å². The van der Waals surface area contributed by atoms with Crippen molar-refractivity contribution in [2.24, 2.45) is 5.92 Å². The Morgan fingerprint density at radius 1 is 1.18 bits per heavy atom. The molecule has 1 fully saturated rings. The van der Waals surface area contributed by atoms with Crippen LogP contribution in [0.2, 0.25) is 0 Å². The van der Waals surface area contributed by atoms with Gasteiger partial charge in [0.2, 0.25) is 0 Å². The number of aromatic nitrogens is 1. The van der Waals surface area contributed by atoms with Gasteiger partial charge in [0.1, 0.15) is 0 Å². The largest absolute Gasteiger partial charge is 0.358 e. The number of nitrogens with zero attached hydrogens (tertiary/aromatic N) is 1. The van der Waals surface area contributed by atoms with Crippen molar-refractivity contribution < 1.29 is 0 Å². The van der Waals surface area contributed by atoms with E-state index in [2.05, 4.69) is 36.7 Å². The van der Waals surface area contributed by atoms with Gasteiger partial charge in [0, 0.05) is 23.2 Å². The normalized spacial score (nSPS) is 17.3. The zero-order valence-corrected chi connectivity index (χ0v) is 14.1. The molecule has 1 saturated heterocycles. The van der Waals surface area contributed by atoms with Crippen molar-refractivity contribution in [3.05, 3.63) is 44.7 Å². The Kier molecular flexibility index (Phi) is 4.09. The molecule has 22 heavy (non-hydrogen) atoms. The maximum atomic E-state index is 12.9. The van der Waals surface area contributed by atoms with Gasteiger partial charge in [0.25, 0.3) is 0 Å². The molecular weight excluding hydrogens is 272 g/mol. The number of hydrogen-bond acceptors (Lipinski definition) is 2. The molecule has 0 aliphatic carbocycles. The van der Waals surface area contributed by atoms with E-state index in [0.717, 1.165) is 47.7 Å². The highest BCUT2D eigenvalue weighted by molar-refractivity contribution is 5.83. The molecule has 0 amide bonds. The van der Waals surface area contributed by atoms with Crippen LogP contribution in [0.1, 0.15) is 42.1 Å². The maximum Gasteiger partial charge on any atom is 0.194 e. The number of pyridine rings is 1. The second-order valence-electron chi connectivity index (χ2n) is 6.95. The number of likely N-dealkylation sites (tertiary alicyclic amines) is 1. The first-order valence-electron chi connectivity index (χ1n) is 8.31. The molecule has 3 rings (SSSR count). The quantitative estimate of drug-likeness (QED) is 0.918. The zero-order chi connectivity index (χ0) is 15.9. The summed E-state index contributed by atoms with van der Waals surface area (Å²) < 4.78 is 0. The van der Waals surface area contributed by atoms with Crippen LogP contribution in [0.5, 0.6) is 0 Å². The predicted octanol–water partition coefficient (Wildman–Crippen LogP) is 3.69. The van der Waals surface area contributed by atoms with Crippen molar-refractivity contribution in [2.75, 3.05) is 13.1 Å². The lowest BCUT2D eigenvalue weighted by Gasteiger charge is -2.30. The van der Waals surface area contributed by atoms with Gasteiger partial charge in [-0.3, -0.25) is 9.69 Å². The third-order valence-corrected chi connectivity index (χ3v) is 5.28. The topological polar surface area (TPSA) is 36.1 Å². The van der Waals surface area contributed by atoms with E-state index >= 15 is 0 Å². The summed E-state index contributed by atoms with van der Waals surface area (Å²) in [4.78, 5) is 18.8. The highest BCUT2D eigenvalue weighted by atomic mass is 16.1. The number of rotatable bonds is 2. The van der Waals surface area contributed by atoms with Crippen molar-refractivity contribution in [2.45, 2.75) is 47.1 Å². The first kappa shape index (κ1) is 15.3. The predicted molar refractivity (Wildman–Crippen MR) is 92.5 cm³/mol. The third-order valence-electron chi connectivity index (χ3n) is 5.28. The number of piperidine rings is 1. The van der Waals surface area contributed by atoms with Gasteiger partial charge in [0.15, 0.2) is 5.43 Å². The number of benzene rings is 1. The van der Waals surface area contributed by atoms with Gasteiger partial charge in [0.05, 0.1) is 5.52 Å². The van der Waals surface area contributed by atoms with E-state index < -0.39 is 0 Å². The van der Waals surface area contributed by atoms with Crippen molar-refractivity contribution in [1.29, 1.82) is 0 Å². The molecular formula is C19H26N2O. The minimum absolute atomic E-state index is 0.202. The van der Waals surface area contributed by atoms with Gasteiger partial charge >= 0.3 is 0 Å². The van der Waals surface area contributed by atoms with Gasteiger partial charge in [-0.1, -0.05) is 13.0 Å². The van der Waals surface area contributed by atoms with Crippen molar-refractivity contribution >= 4 is 10.9 Å². The van der Waals surface area contributed by atoms with Gasteiger partial charge < -0.3 is 4.98 Å². The minimum atomic E-state index is 0.202. The molecule has 1 aliphatic heterocycles. The molecule has 1 aromatic carbocycles. The molecule has 1 aliphatic rings.